The van der Waals surface area contributed by atoms with Crippen molar-refractivity contribution in [3.05, 3.63) is 22.8 Å². The number of hydrogen-bond acceptors (Lipinski definition) is 4. The van der Waals surface area contributed by atoms with Crippen molar-refractivity contribution in [3.63, 3.8) is 0 Å². The fourth-order valence-corrected chi connectivity index (χ4v) is 1.28. The summed E-state index contributed by atoms with van der Waals surface area (Å²) < 4.78 is 5.01. The van der Waals surface area contributed by atoms with Gasteiger partial charge in [-0.25, -0.2) is 4.98 Å². The van der Waals surface area contributed by atoms with E-state index in [1.165, 1.54) is 13.3 Å². The summed E-state index contributed by atoms with van der Waals surface area (Å²) in [5, 5.41) is 9.80. The van der Waals surface area contributed by atoms with Gasteiger partial charge in [-0.1, -0.05) is 11.6 Å². The summed E-state index contributed by atoms with van der Waals surface area (Å²) in [6.45, 7) is 1.60. The maximum absolute atomic E-state index is 9.33. The molecule has 5 heteroatoms. The van der Waals surface area contributed by atoms with Crippen molar-refractivity contribution in [2.24, 2.45) is 5.73 Å². The van der Waals surface area contributed by atoms with Crippen LogP contribution in [-0.4, -0.2) is 23.3 Å². The molecule has 1 rings (SSSR count). The van der Waals surface area contributed by atoms with Crippen LogP contribution in [0.3, 0.4) is 0 Å². The van der Waals surface area contributed by atoms with Crippen LogP contribution in [0.1, 0.15) is 18.5 Å². The molecule has 1 aromatic rings. The molecule has 2 atom stereocenters. The number of halogens is 1. The molecule has 78 valence electrons. The maximum atomic E-state index is 9.33. The van der Waals surface area contributed by atoms with Gasteiger partial charge in [-0.05, 0) is 13.0 Å². The molecule has 0 fully saturated rings. The maximum Gasteiger partial charge on any atom is 0.218 e. The van der Waals surface area contributed by atoms with Crippen LogP contribution in [0.2, 0.25) is 5.02 Å². The van der Waals surface area contributed by atoms with Crippen LogP contribution in [0.25, 0.3) is 0 Å². The highest BCUT2D eigenvalue weighted by Crippen LogP contribution is 2.26. The van der Waals surface area contributed by atoms with Gasteiger partial charge in [-0.2, -0.15) is 0 Å². The monoisotopic (exact) mass is 216 g/mol. The normalized spacial score (nSPS) is 14.9. The first-order valence-electron chi connectivity index (χ1n) is 4.19. The molecule has 0 amide bonds. The van der Waals surface area contributed by atoms with Crippen LogP contribution < -0.4 is 10.5 Å². The van der Waals surface area contributed by atoms with Gasteiger partial charge in [0.05, 0.1) is 24.3 Å². The Morgan fingerprint density at radius 1 is 1.64 bits per heavy atom. The quantitative estimate of drug-likeness (QED) is 0.795. The molecule has 1 heterocycles. The summed E-state index contributed by atoms with van der Waals surface area (Å²) in [7, 11) is 1.49. The van der Waals surface area contributed by atoms with Crippen LogP contribution >= 0.6 is 11.6 Å². The largest absolute Gasteiger partial charge is 0.481 e. The van der Waals surface area contributed by atoms with Crippen LogP contribution in [-0.2, 0) is 0 Å². The van der Waals surface area contributed by atoms with E-state index in [0.717, 1.165) is 0 Å². The van der Waals surface area contributed by atoms with Gasteiger partial charge in [0.25, 0.3) is 0 Å². The van der Waals surface area contributed by atoms with Gasteiger partial charge >= 0.3 is 0 Å². The van der Waals surface area contributed by atoms with Crippen molar-refractivity contribution in [2.45, 2.75) is 19.1 Å². The minimum Gasteiger partial charge on any atom is -0.481 e. The number of ether oxygens (including phenoxy) is 1. The smallest absolute Gasteiger partial charge is 0.218 e. The fraction of sp³-hybridized carbons (Fsp3) is 0.444. The second-order valence-corrected chi connectivity index (χ2v) is 3.45. The number of rotatable bonds is 3. The van der Waals surface area contributed by atoms with Gasteiger partial charge in [-0.15, -0.1) is 0 Å². The first-order valence-corrected chi connectivity index (χ1v) is 4.57. The molecule has 14 heavy (non-hydrogen) atoms. The molecule has 0 aliphatic rings. The zero-order chi connectivity index (χ0) is 10.7. The zero-order valence-electron chi connectivity index (χ0n) is 8.07. The predicted octanol–water partition coefficient (Wildman–Crippen LogP) is 1.12. The summed E-state index contributed by atoms with van der Waals surface area (Å²) in [5.41, 5.74) is 6.36. The predicted molar refractivity (Wildman–Crippen MR) is 54.4 cm³/mol. The molecule has 3 N–H and O–H groups in total. The highest BCUT2D eigenvalue weighted by atomic mass is 35.5. The van der Waals surface area contributed by atoms with Gasteiger partial charge in [0, 0.05) is 11.8 Å². The Kier molecular flexibility index (Phi) is 3.69. The Bertz CT molecular complexity index is 318. The van der Waals surface area contributed by atoms with E-state index in [-0.39, 0.29) is 0 Å². The highest BCUT2D eigenvalue weighted by Gasteiger charge is 2.17. The van der Waals surface area contributed by atoms with E-state index in [0.29, 0.717) is 16.5 Å². The second-order valence-electron chi connectivity index (χ2n) is 3.02. The number of aliphatic hydroxyl groups excluding tert-OH is 1. The van der Waals surface area contributed by atoms with Crippen molar-refractivity contribution >= 4 is 11.6 Å². The Balaban J connectivity index is 3.10. The Labute approximate surface area is 87.7 Å². The lowest BCUT2D eigenvalue weighted by atomic mass is 10.1. The number of aliphatic hydroxyl groups is 1. The van der Waals surface area contributed by atoms with Gasteiger partial charge < -0.3 is 15.6 Å². The number of nitrogens with two attached hydrogens (primary N) is 1. The molecular weight excluding hydrogens is 204 g/mol. The second kappa shape index (κ2) is 4.59. The third kappa shape index (κ3) is 2.35. The Hall–Kier alpha value is -0.840. The van der Waals surface area contributed by atoms with E-state index in [1.54, 1.807) is 13.0 Å². The number of pyridine rings is 1. The lowest BCUT2D eigenvalue weighted by Gasteiger charge is -2.17. The van der Waals surface area contributed by atoms with E-state index >= 15 is 0 Å². The lowest BCUT2D eigenvalue weighted by Crippen LogP contribution is -2.24. The van der Waals surface area contributed by atoms with E-state index < -0.39 is 12.1 Å². The zero-order valence-corrected chi connectivity index (χ0v) is 8.82. The van der Waals surface area contributed by atoms with Crippen molar-refractivity contribution in [1.29, 1.82) is 0 Å². The lowest BCUT2D eigenvalue weighted by molar-refractivity contribution is 0.162. The molecular formula is C9H13ClN2O2. The standard InChI is InChI=1S/C9H13ClN2O2/c1-5(13)8(11)7-3-6(10)4-12-9(7)14-2/h3-5,8,13H,11H2,1-2H3. The Morgan fingerprint density at radius 3 is 2.79 bits per heavy atom. The van der Waals surface area contributed by atoms with Crippen LogP contribution in [0.15, 0.2) is 12.3 Å². The molecule has 0 radical (unpaired) electrons. The molecule has 0 aliphatic carbocycles. The average molecular weight is 217 g/mol. The van der Waals surface area contributed by atoms with E-state index in [1.807, 2.05) is 0 Å². The molecule has 4 nitrogen and oxygen atoms in total. The summed E-state index contributed by atoms with van der Waals surface area (Å²) in [6, 6.07) is 1.10. The van der Waals surface area contributed by atoms with Crippen LogP contribution in [0, 0.1) is 0 Å². The average Bonchev–Trinajstić information content (AvgIpc) is 2.16. The molecule has 2 unspecified atom stereocenters. The molecule has 0 spiro atoms. The van der Waals surface area contributed by atoms with Gasteiger partial charge in [-0.3, -0.25) is 0 Å². The number of methoxy groups -OCH3 is 1. The van der Waals surface area contributed by atoms with Crippen LogP contribution in [0.4, 0.5) is 0 Å². The highest BCUT2D eigenvalue weighted by molar-refractivity contribution is 6.30. The van der Waals surface area contributed by atoms with E-state index in [9.17, 15) is 5.11 Å². The van der Waals surface area contributed by atoms with Crippen LogP contribution in [0.5, 0.6) is 5.88 Å². The van der Waals surface area contributed by atoms with Crippen molar-refractivity contribution in [3.8, 4) is 5.88 Å². The summed E-state index contributed by atoms with van der Waals surface area (Å²) in [4.78, 5) is 3.95. The number of nitrogens with zero attached hydrogens (tertiary/aromatic N) is 1. The minimum atomic E-state index is -0.677. The molecule has 0 aromatic carbocycles. The van der Waals surface area contributed by atoms with Gasteiger partial charge in [0.15, 0.2) is 0 Å². The molecule has 0 bridgehead atoms. The molecule has 0 saturated carbocycles. The molecule has 0 aliphatic heterocycles. The first-order chi connectivity index (χ1) is 6.56. The summed E-state index contributed by atoms with van der Waals surface area (Å²) in [6.07, 6.45) is 0.794. The SMILES string of the molecule is COc1ncc(Cl)cc1C(N)C(C)O. The van der Waals surface area contributed by atoms with Crippen molar-refractivity contribution < 1.29 is 9.84 Å². The number of aromatic nitrogens is 1. The van der Waals surface area contributed by atoms with Crippen molar-refractivity contribution in [2.75, 3.05) is 7.11 Å². The molecule has 1 aromatic heterocycles. The van der Waals surface area contributed by atoms with Gasteiger partial charge in [0.2, 0.25) is 5.88 Å². The van der Waals surface area contributed by atoms with E-state index in [4.69, 9.17) is 22.1 Å². The van der Waals surface area contributed by atoms with Gasteiger partial charge in [0.1, 0.15) is 0 Å². The third-order valence-electron chi connectivity index (χ3n) is 1.92. The third-order valence-corrected chi connectivity index (χ3v) is 2.12. The summed E-state index contributed by atoms with van der Waals surface area (Å²) in [5.74, 6) is 0.391. The Morgan fingerprint density at radius 2 is 2.29 bits per heavy atom. The number of hydrogen-bond donors (Lipinski definition) is 2. The topological polar surface area (TPSA) is 68.4 Å². The molecule has 0 saturated heterocycles. The van der Waals surface area contributed by atoms with E-state index in [2.05, 4.69) is 4.98 Å². The summed E-state index contributed by atoms with van der Waals surface area (Å²) >= 11 is 5.77. The first kappa shape index (κ1) is 11.2. The minimum absolute atomic E-state index is 0.391. The fourth-order valence-electron chi connectivity index (χ4n) is 1.11. The van der Waals surface area contributed by atoms with Crippen molar-refractivity contribution in [1.82, 2.24) is 4.98 Å².